The zero-order valence-electron chi connectivity index (χ0n) is 32.1. The van der Waals surface area contributed by atoms with E-state index in [0.717, 1.165) is 43.6 Å². The van der Waals surface area contributed by atoms with E-state index in [-0.39, 0.29) is 0 Å². The molecule has 8 aromatic carbocycles. The van der Waals surface area contributed by atoms with Crippen molar-refractivity contribution in [2.75, 3.05) is 0 Å². The summed E-state index contributed by atoms with van der Waals surface area (Å²) in [6.07, 6.45) is 0. The smallest absolute Gasteiger partial charge is 0.164 e. The van der Waals surface area contributed by atoms with Crippen LogP contribution in [0.2, 0.25) is 0 Å². The van der Waals surface area contributed by atoms with Crippen molar-refractivity contribution < 1.29 is 0 Å². The van der Waals surface area contributed by atoms with Gasteiger partial charge in [-0.15, -0.1) is 22.7 Å². The second kappa shape index (κ2) is 14.2. The average Bonchev–Trinajstić information content (AvgIpc) is 3.91. The van der Waals surface area contributed by atoms with E-state index in [1.807, 2.05) is 72.0 Å². The summed E-state index contributed by atoms with van der Waals surface area (Å²) in [5.74, 6) is 1.89. The largest absolute Gasteiger partial charge is 0.246 e. The molecule has 0 fully saturated rings. The third kappa shape index (κ3) is 5.88. The third-order valence-corrected chi connectivity index (χ3v) is 13.7. The Labute approximate surface area is 353 Å². The van der Waals surface area contributed by atoms with Crippen LogP contribution in [0, 0.1) is 0 Å². The summed E-state index contributed by atoms with van der Waals surface area (Å²) in [6, 6.07) is 68.5. The number of aromatic nitrogens is 4. The standard InChI is InChI=1S/C54H32N4S2/c1-3-14-33(15-4-1)52-56-53(34-16-5-2-6-17-34)58-54(57-52)39-21-12-20-38(31-39)49-51-48(43-23-8-10-27-47(43)60-51)44-32-36(28-29-45(44)55-49)35-18-11-19-37(30-35)40-24-13-25-42-41-22-7-9-26-46(41)59-50(40)42/h1-32H. The molecule has 60 heavy (non-hydrogen) atoms. The molecule has 0 saturated carbocycles. The van der Waals surface area contributed by atoms with Gasteiger partial charge < -0.3 is 0 Å². The Morgan fingerprint density at radius 3 is 1.57 bits per heavy atom. The maximum absolute atomic E-state index is 5.45. The maximum Gasteiger partial charge on any atom is 0.164 e. The monoisotopic (exact) mass is 800 g/mol. The first-order valence-corrected chi connectivity index (χ1v) is 21.6. The Morgan fingerprint density at radius 1 is 0.300 bits per heavy atom. The van der Waals surface area contributed by atoms with Gasteiger partial charge in [0.05, 0.1) is 15.9 Å². The summed E-state index contributed by atoms with van der Waals surface area (Å²) in [6.45, 7) is 0. The summed E-state index contributed by atoms with van der Waals surface area (Å²) >= 11 is 3.67. The van der Waals surface area contributed by atoms with Gasteiger partial charge in [0, 0.05) is 63.3 Å². The van der Waals surface area contributed by atoms with Gasteiger partial charge >= 0.3 is 0 Å². The van der Waals surface area contributed by atoms with Gasteiger partial charge in [-0.2, -0.15) is 0 Å². The van der Waals surface area contributed by atoms with E-state index < -0.39 is 0 Å². The molecule has 6 heteroatoms. The van der Waals surface area contributed by atoms with Crippen molar-refractivity contribution in [1.29, 1.82) is 0 Å². The van der Waals surface area contributed by atoms with Crippen molar-refractivity contribution in [2.24, 2.45) is 0 Å². The Balaban J connectivity index is 0.997. The van der Waals surface area contributed by atoms with E-state index >= 15 is 0 Å². The topological polar surface area (TPSA) is 51.6 Å². The second-order valence-corrected chi connectivity index (χ2v) is 17.1. The van der Waals surface area contributed by atoms with Crippen molar-refractivity contribution in [3.05, 3.63) is 194 Å². The molecule has 0 amide bonds. The fraction of sp³-hybridized carbons (Fsp3) is 0. The molecule has 0 bridgehead atoms. The highest BCUT2D eigenvalue weighted by Crippen LogP contribution is 2.45. The predicted octanol–water partition coefficient (Wildman–Crippen LogP) is 15.2. The lowest BCUT2D eigenvalue weighted by Gasteiger charge is -2.12. The molecule has 0 unspecified atom stereocenters. The summed E-state index contributed by atoms with van der Waals surface area (Å²) in [7, 11) is 0. The van der Waals surface area contributed by atoms with Crippen LogP contribution in [0.1, 0.15) is 0 Å². The van der Waals surface area contributed by atoms with Gasteiger partial charge in [0.25, 0.3) is 0 Å². The number of benzene rings is 8. The molecule has 280 valence electrons. The van der Waals surface area contributed by atoms with Gasteiger partial charge in [-0.1, -0.05) is 158 Å². The van der Waals surface area contributed by atoms with Crippen molar-refractivity contribution in [3.8, 4) is 67.7 Å². The number of thiophene rings is 2. The molecule has 0 N–H and O–H groups in total. The molecule has 0 saturated heterocycles. The van der Waals surface area contributed by atoms with Crippen LogP contribution in [0.25, 0.3) is 119 Å². The van der Waals surface area contributed by atoms with Crippen LogP contribution in [-0.4, -0.2) is 19.9 Å². The van der Waals surface area contributed by atoms with Gasteiger partial charge in [0.15, 0.2) is 17.5 Å². The van der Waals surface area contributed by atoms with E-state index in [1.165, 1.54) is 57.9 Å². The molecule has 0 aliphatic heterocycles. The number of nitrogens with zero attached hydrogens (tertiary/aromatic N) is 4. The molecule has 12 aromatic rings. The summed E-state index contributed by atoms with van der Waals surface area (Å²) < 4.78 is 5.04. The van der Waals surface area contributed by atoms with Gasteiger partial charge in [-0.05, 0) is 58.7 Å². The summed E-state index contributed by atoms with van der Waals surface area (Å²) in [4.78, 5) is 20.4. The molecular weight excluding hydrogens is 769 g/mol. The maximum atomic E-state index is 5.45. The van der Waals surface area contributed by atoms with E-state index in [0.29, 0.717) is 17.5 Å². The van der Waals surface area contributed by atoms with Crippen LogP contribution in [0.3, 0.4) is 0 Å². The van der Waals surface area contributed by atoms with Crippen molar-refractivity contribution >= 4 is 73.9 Å². The fourth-order valence-corrected chi connectivity index (χ4v) is 10.9. The van der Waals surface area contributed by atoms with Crippen molar-refractivity contribution in [1.82, 2.24) is 19.9 Å². The zero-order chi connectivity index (χ0) is 39.6. The second-order valence-electron chi connectivity index (χ2n) is 15.0. The molecule has 0 aliphatic rings. The molecule has 0 radical (unpaired) electrons. The third-order valence-electron chi connectivity index (χ3n) is 11.3. The first-order chi connectivity index (χ1) is 29.7. The van der Waals surface area contributed by atoms with Gasteiger partial charge in [0.1, 0.15) is 0 Å². The van der Waals surface area contributed by atoms with Crippen LogP contribution in [0.4, 0.5) is 0 Å². The first-order valence-electron chi connectivity index (χ1n) is 20.0. The Kier molecular flexibility index (Phi) is 8.18. The highest BCUT2D eigenvalue weighted by molar-refractivity contribution is 7.26. The molecule has 4 heterocycles. The first kappa shape index (κ1) is 34.6. The summed E-state index contributed by atoms with van der Waals surface area (Å²) in [5, 5.41) is 6.24. The lowest BCUT2D eigenvalue weighted by atomic mass is 9.96. The quantitative estimate of drug-likeness (QED) is 0.168. The molecule has 0 atom stereocenters. The molecular formula is C54H32N4S2. The average molecular weight is 801 g/mol. The van der Waals surface area contributed by atoms with Crippen LogP contribution in [0.15, 0.2) is 194 Å². The minimum absolute atomic E-state index is 0.619. The Bertz CT molecular complexity index is 3550. The van der Waals surface area contributed by atoms with Crippen LogP contribution in [-0.2, 0) is 0 Å². The highest BCUT2D eigenvalue weighted by Gasteiger charge is 2.19. The zero-order valence-corrected chi connectivity index (χ0v) is 33.7. The molecule has 0 spiro atoms. The number of rotatable bonds is 6. The van der Waals surface area contributed by atoms with Crippen molar-refractivity contribution in [3.63, 3.8) is 0 Å². The Morgan fingerprint density at radius 2 is 0.817 bits per heavy atom. The molecule has 12 rings (SSSR count). The van der Waals surface area contributed by atoms with Gasteiger partial charge in [-0.3, -0.25) is 0 Å². The number of hydrogen-bond donors (Lipinski definition) is 0. The van der Waals surface area contributed by atoms with Crippen molar-refractivity contribution in [2.45, 2.75) is 0 Å². The summed E-state index contributed by atoms with van der Waals surface area (Å²) in [5.41, 5.74) is 10.5. The Hall–Kier alpha value is -7.38. The SMILES string of the molecule is c1ccc(-c2nc(-c3ccccc3)nc(-c3cccc(-c4nc5ccc(-c6cccc(-c7cccc8c7sc7ccccc78)c6)cc5c5c4sc4ccccc45)c3)n2)cc1. The van der Waals surface area contributed by atoms with Gasteiger partial charge in [-0.25, -0.2) is 19.9 Å². The number of fused-ring (bicyclic) bond motifs is 8. The molecule has 4 aromatic heterocycles. The van der Waals surface area contributed by atoms with Crippen LogP contribution in [0.5, 0.6) is 0 Å². The number of hydrogen-bond acceptors (Lipinski definition) is 6. The minimum atomic E-state index is 0.619. The minimum Gasteiger partial charge on any atom is -0.246 e. The fourth-order valence-electron chi connectivity index (χ4n) is 8.44. The van der Waals surface area contributed by atoms with E-state index in [9.17, 15) is 0 Å². The predicted molar refractivity (Wildman–Crippen MR) is 254 cm³/mol. The number of pyridine rings is 1. The van der Waals surface area contributed by atoms with Crippen LogP contribution < -0.4 is 0 Å². The molecule has 0 aliphatic carbocycles. The molecule has 4 nitrogen and oxygen atoms in total. The lowest BCUT2D eigenvalue weighted by molar-refractivity contribution is 1.07. The highest BCUT2D eigenvalue weighted by atomic mass is 32.1. The van der Waals surface area contributed by atoms with E-state index in [2.05, 4.69) is 133 Å². The van der Waals surface area contributed by atoms with Crippen LogP contribution >= 0.6 is 22.7 Å². The normalized spacial score (nSPS) is 11.7. The lowest BCUT2D eigenvalue weighted by Crippen LogP contribution is -2.00. The van der Waals surface area contributed by atoms with E-state index in [4.69, 9.17) is 19.9 Å². The van der Waals surface area contributed by atoms with Gasteiger partial charge in [0.2, 0.25) is 0 Å². The van der Waals surface area contributed by atoms with E-state index in [1.54, 1.807) is 11.3 Å².